The van der Waals surface area contributed by atoms with Crippen molar-refractivity contribution in [1.82, 2.24) is 4.98 Å². The van der Waals surface area contributed by atoms with E-state index in [4.69, 9.17) is 0 Å². The molecule has 1 aromatic heterocycles. The van der Waals surface area contributed by atoms with Crippen molar-refractivity contribution in [2.45, 2.75) is 19.5 Å². The van der Waals surface area contributed by atoms with Gasteiger partial charge in [0.05, 0.1) is 5.56 Å². The Bertz CT molecular complexity index is 420. The summed E-state index contributed by atoms with van der Waals surface area (Å²) in [6.45, 7) is 1.00. The van der Waals surface area contributed by atoms with E-state index >= 15 is 0 Å². The number of H-pyrrole nitrogens is 1. The lowest BCUT2D eigenvalue weighted by atomic mass is 10.1. The largest absolute Gasteiger partial charge is 0.431 e. The minimum Gasteiger partial charge on any atom is -0.318 e. The van der Waals surface area contributed by atoms with Gasteiger partial charge in [-0.05, 0) is 18.6 Å². The van der Waals surface area contributed by atoms with Gasteiger partial charge < -0.3 is 4.98 Å². The van der Waals surface area contributed by atoms with Gasteiger partial charge in [0.1, 0.15) is 5.69 Å². The van der Waals surface area contributed by atoms with E-state index in [0.29, 0.717) is 6.07 Å². The van der Waals surface area contributed by atoms with E-state index in [9.17, 15) is 26.7 Å². The van der Waals surface area contributed by atoms with E-state index in [1.165, 1.54) is 4.98 Å². The molecule has 1 N–H and O–H groups in total. The molecule has 0 atom stereocenters. The number of aromatic nitrogens is 1. The lowest BCUT2D eigenvalue weighted by molar-refractivity contribution is -0.141. The first-order chi connectivity index (χ1) is 6.73. The average molecular weight is 227 g/mol. The Morgan fingerprint density at radius 3 is 2.27 bits per heavy atom. The fraction of sp³-hybridized carbons (Fsp3) is 0.375. The Hall–Kier alpha value is -1.40. The summed E-state index contributed by atoms with van der Waals surface area (Å²) in [5.41, 5.74) is -4.10. The third kappa shape index (κ3) is 2.34. The van der Waals surface area contributed by atoms with Crippen molar-refractivity contribution in [3.63, 3.8) is 0 Å². The monoisotopic (exact) mass is 227 g/mol. The maximum absolute atomic E-state index is 12.2. The van der Waals surface area contributed by atoms with E-state index in [0.717, 1.165) is 6.92 Å². The van der Waals surface area contributed by atoms with Crippen LogP contribution in [0.4, 0.5) is 22.0 Å². The van der Waals surface area contributed by atoms with E-state index < -0.39 is 35.0 Å². The van der Waals surface area contributed by atoms with Crippen LogP contribution in [0.1, 0.15) is 23.2 Å². The molecular weight excluding hydrogens is 221 g/mol. The SMILES string of the molecule is Cc1cc(C(F)F)c(=O)[nH]c1C(F)(F)F. The predicted molar refractivity (Wildman–Crippen MR) is 41.8 cm³/mol. The van der Waals surface area contributed by atoms with Crippen LogP contribution in [0, 0.1) is 6.92 Å². The third-order valence-electron chi connectivity index (χ3n) is 1.79. The Morgan fingerprint density at radius 1 is 1.33 bits per heavy atom. The van der Waals surface area contributed by atoms with Gasteiger partial charge >= 0.3 is 6.18 Å². The molecule has 1 aromatic rings. The second-order valence-electron chi connectivity index (χ2n) is 2.91. The Balaban J connectivity index is 3.39. The zero-order chi connectivity index (χ0) is 11.8. The quantitative estimate of drug-likeness (QED) is 0.735. The number of nitrogens with one attached hydrogen (secondary N) is 1. The molecule has 15 heavy (non-hydrogen) atoms. The minimum atomic E-state index is -4.75. The van der Waals surface area contributed by atoms with Gasteiger partial charge in [-0.15, -0.1) is 0 Å². The first-order valence-electron chi connectivity index (χ1n) is 3.82. The number of aryl methyl sites for hydroxylation is 1. The maximum Gasteiger partial charge on any atom is 0.431 e. The second kappa shape index (κ2) is 3.63. The van der Waals surface area contributed by atoms with Gasteiger partial charge in [0.25, 0.3) is 12.0 Å². The zero-order valence-corrected chi connectivity index (χ0v) is 7.45. The molecule has 2 nitrogen and oxygen atoms in total. The molecule has 0 aliphatic carbocycles. The number of rotatable bonds is 1. The maximum atomic E-state index is 12.2. The molecule has 7 heteroatoms. The number of hydrogen-bond acceptors (Lipinski definition) is 1. The summed E-state index contributed by atoms with van der Waals surface area (Å²) in [4.78, 5) is 12.2. The minimum absolute atomic E-state index is 0.433. The zero-order valence-electron chi connectivity index (χ0n) is 7.45. The molecule has 0 saturated carbocycles. The van der Waals surface area contributed by atoms with Crippen molar-refractivity contribution < 1.29 is 22.0 Å². The molecule has 1 heterocycles. The molecule has 0 radical (unpaired) electrons. The highest BCUT2D eigenvalue weighted by atomic mass is 19.4. The number of halogens is 5. The molecule has 0 fully saturated rings. The van der Waals surface area contributed by atoms with Gasteiger partial charge in [-0.3, -0.25) is 4.79 Å². The van der Waals surface area contributed by atoms with Gasteiger partial charge in [0.15, 0.2) is 0 Å². The van der Waals surface area contributed by atoms with Crippen LogP contribution in [0.15, 0.2) is 10.9 Å². The van der Waals surface area contributed by atoms with Crippen LogP contribution in [0.2, 0.25) is 0 Å². The van der Waals surface area contributed by atoms with Crippen LogP contribution in [0.3, 0.4) is 0 Å². The van der Waals surface area contributed by atoms with E-state index in [-0.39, 0.29) is 0 Å². The van der Waals surface area contributed by atoms with Crippen LogP contribution in [0.25, 0.3) is 0 Å². The summed E-state index contributed by atoms with van der Waals surface area (Å²) in [5.74, 6) is 0. The van der Waals surface area contributed by atoms with Gasteiger partial charge in [-0.2, -0.15) is 13.2 Å². The first-order valence-corrected chi connectivity index (χ1v) is 3.82. The molecule has 0 saturated heterocycles. The van der Waals surface area contributed by atoms with Crippen LogP contribution in [-0.2, 0) is 6.18 Å². The topological polar surface area (TPSA) is 32.9 Å². The molecule has 0 unspecified atom stereocenters. The summed E-state index contributed by atoms with van der Waals surface area (Å²) in [7, 11) is 0. The van der Waals surface area contributed by atoms with Gasteiger partial charge in [0, 0.05) is 0 Å². The average Bonchev–Trinajstić information content (AvgIpc) is 2.06. The second-order valence-corrected chi connectivity index (χ2v) is 2.91. The number of hydrogen-bond donors (Lipinski definition) is 1. The molecule has 0 bridgehead atoms. The lowest BCUT2D eigenvalue weighted by Crippen LogP contribution is -2.21. The molecule has 0 amide bonds. The third-order valence-corrected chi connectivity index (χ3v) is 1.79. The van der Waals surface area contributed by atoms with Crippen LogP contribution >= 0.6 is 0 Å². The molecule has 0 spiro atoms. The van der Waals surface area contributed by atoms with Gasteiger partial charge in [-0.25, -0.2) is 8.78 Å². The fourth-order valence-electron chi connectivity index (χ4n) is 1.11. The smallest absolute Gasteiger partial charge is 0.318 e. The highest BCUT2D eigenvalue weighted by molar-refractivity contribution is 5.26. The van der Waals surface area contributed by atoms with Crippen LogP contribution in [0.5, 0.6) is 0 Å². The lowest BCUT2D eigenvalue weighted by Gasteiger charge is -2.10. The molecule has 1 rings (SSSR count). The van der Waals surface area contributed by atoms with E-state index in [1.54, 1.807) is 0 Å². The van der Waals surface area contributed by atoms with Crippen LogP contribution in [-0.4, -0.2) is 4.98 Å². The van der Waals surface area contributed by atoms with Gasteiger partial charge in [0.2, 0.25) is 0 Å². The van der Waals surface area contributed by atoms with Crippen LogP contribution < -0.4 is 5.56 Å². The summed E-state index contributed by atoms with van der Waals surface area (Å²) < 4.78 is 60.9. The normalized spacial score (nSPS) is 12.2. The van der Waals surface area contributed by atoms with E-state index in [1.807, 2.05) is 0 Å². The molecular formula is C8H6F5NO. The number of aromatic amines is 1. The van der Waals surface area contributed by atoms with Crippen molar-refractivity contribution in [3.8, 4) is 0 Å². The Morgan fingerprint density at radius 2 is 1.87 bits per heavy atom. The number of alkyl halides is 5. The summed E-state index contributed by atoms with van der Waals surface area (Å²) in [5, 5.41) is 0. The highest BCUT2D eigenvalue weighted by Crippen LogP contribution is 2.30. The Labute approximate surface area is 80.7 Å². The molecule has 0 aliphatic rings. The molecule has 0 aliphatic heterocycles. The van der Waals surface area contributed by atoms with Crippen molar-refractivity contribution in [2.75, 3.05) is 0 Å². The van der Waals surface area contributed by atoms with E-state index in [2.05, 4.69) is 0 Å². The standard InChI is InChI=1S/C8H6F5NO/c1-3-2-4(6(9)10)7(15)14-5(3)8(11,12)13/h2,6H,1H3,(H,14,15). The number of pyridine rings is 1. The van der Waals surface area contributed by atoms with Crippen molar-refractivity contribution in [2.24, 2.45) is 0 Å². The molecule has 84 valence electrons. The van der Waals surface area contributed by atoms with Crippen molar-refractivity contribution >= 4 is 0 Å². The predicted octanol–water partition coefficient (Wildman–Crippen LogP) is 2.64. The summed E-state index contributed by atoms with van der Waals surface area (Å²) >= 11 is 0. The summed E-state index contributed by atoms with van der Waals surface area (Å²) in [6, 6.07) is 0.548. The van der Waals surface area contributed by atoms with Crippen molar-refractivity contribution in [1.29, 1.82) is 0 Å². The van der Waals surface area contributed by atoms with Gasteiger partial charge in [-0.1, -0.05) is 0 Å². The highest BCUT2D eigenvalue weighted by Gasteiger charge is 2.34. The van der Waals surface area contributed by atoms with Crippen molar-refractivity contribution in [3.05, 3.63) is 33.2 Å². The first kappa shape index (κ1) is 11.7. The fourth-order valence-corrected chi connectivity index (χ4v) is 1.11. The summed E-state index contributed by atoms with van der Waals surface area (Å²) in [6.07, 6.45) is -7.83. The Kier molecular flexibility index (Phi) is 2.83. The molecule has 0 aromatic carbocycles.